The van der Waals surface area contributed by atoms with Crippen molar-refractivity contribution in [3.05, 3.63) is 22.9 Å². The van der Waals surface area contributed by atoms with Crippen molar-refractivity contribution >= 4 is 0 Å². The van der Waals surface area contributed by atoms with Crippen molar-refractivity contribution < 1.29 is 9.47 Å². The van der Waals surface area contributed by atoms with Crippen LogP contribution in [0.1, 0.15) is 26.3 Å². The number of hydrogen-bond acceptors (Lipinski definition) is 3. The number of rotatable bonds is 8. The van der Waals surface area contributed by atoms with Gasteiger partial charge in [-0.25, -0.2) is 4.79 Å². The van der Waals surface area contributed by atoms with Gasteiger partial charge in [0.05, 0.1) is 13.2 Å². The lowest BCUT2D eigenvalue weighted by Gasteiger charge is -2.06. The molecule has 0 amide bonds. The van der Waals surface area contributed by atoms with Gasteiger partial charge in [0.15, 0.2) is 0 Å². The summed E-state index contributed by atoms with van der Waals surface area (Å²) in [7, 11) is 1.67. The van der Waals surface area contributed by atoms with Crippen LogP contribution in [0, 0.1) is 0 Å². The highest BCUT2D eigenvalue weighted by atomic mass is 16.5. The quantitative estimate of drug-likeness (QED) is 0.645. The summed E-state index contributed by atoms with van der Waals surface area (Å²) in [6, 6.07) is 0.200. The molecule has 17 heavy (non-hydrogen) atoms. The van der Waals surface area contributed by atoms with E-state index in [4.69, 9.17) is 9.47 Å². The Balaban J connectivity index is 2.30. The van der Waals surface area contributed by atoms with Gasteiger partial charge in [-0.1, -0.05) is 0 Å². The van der Waals surface area contributed by atoms with Gasteiger partial charge in [-0.15, -0.1) is 0 Å². The molecule has 0 unspecified atom stereocenters. The van der Waals surface area contributed by atoms with Gasteiger partial charge < -0.3 is 9.47 Å². The highest BCUT2D eigenvalue weighted by Crippen LogP contribution is 1.98. The fourth-order valence-corrected chi connectivity index (χ4v) is 1.56. The lowest BCUT2D eigenvalue weighted by Crippen LogP contribution is -2.26. The lowest BCUT2D eigenvalue weighted by molar-refractivity contribution is 0.0971. The molecule has 0 saturated carbocycles. The van der Waals surface area contributed by atoms with E-state index in [9.17, 15) is 4.79 Å². The van der Waals surface area contributed by atoms with E-state index in [0.29, 0.717) is 26.4 Å². The van der Waals surface area contributed by atoms with E-state index in [-0.39, 0.29) is 11.7 Å². The van der Waals surface area contributed by atoms with Gasteiger partial charge in [0.2, 0.25) is 0 Å². The van der Waals surface area contributed by atoms with E-state index in [2.05, 4.69) is 0 Å². The molecule has 0 aromatic carbocycles. The molecule has 0 atom stereocenters. The second-order valence-corrected chi connectivity index (χ2v) is 4.23. The molecule has 0 N–H and O–H groups in total. The molecule has 0 saturated heterocycles. The highest BCUT2D eigenvalue weighted by Gasteiger charge is 2.05. The SMILES string of the molecule is COCCCOCCn1ccn(C(C)C)c1=O. The van der Waals surface area contributed by atoms with Crippen LogP contribution in [0.5, 0.6) is 0 Å². The minimum atomic E-state index is 0.0282. The Hall–Kier alpha value is -1.07. The maximum Gasteiger partial charge on any atom is 0.328 e. The van der Waals surface area contributed by atoms with Gasteiger partial charge in [0, 0.05) is 38.8 Å². The Kier molecular flexibility index (Phi) is 6.00. The van der Waals surface area contributed by atoms with E-state index in [0.717, 1.165) is 6.42 Å². The first kappa shape index (κ1) is 14.0. The second-order valence-electron chi connectivity index (χ2n) is 4.23. The van der Waals surface area contributed by atoms with E-state index >= 15 is 0 Å². The summed E-state index contributed by atoms with van der Waals surface area (Å²) >= 11 is 0. The smallest absolute Gasteiger partial charge is 0.328 e. The largest absolute Gasteiger partial charge is 0.385 e. The summed E-state index contributed by atoms with van der Waals surface area (Å²) in [5.41, 5.74) is 0.0282. The second kappa shape index (κ2) is 7.29. The minimum absolute atomic E-state index is 0.0282. The van der Waals surface area contributed by atoms with Gasteiger partial charge in [-0.05, 0) is 20.3 Å². The van der Waals surface area contributed by atoms with Crippen LogP contribution in [0.15, 0.2) is 17.2 Å². The average molecular weight is 242 g/mol. The van der Waals surface area contributed by atoms with E-state index in [1.54, 1.807) is 22.4 Å². The molecule has 1 aromatic rings. The maximum atomic E-state index is 11.8. The first-order valence-corrected chi connectivity index (χ1v) is 6.00. The molecular weight excluding hydrogens is 220 g/mol. The van der Waals surface area contributed by atoms with Crippen LogP contribution < -0.4 is 5.69 Å². The fourth-order valence-electron chi connectivity index (χ4n) is 1.56. The van der Waals surface area contributed by atoms with Crippen LogP contribution in [0.4, 0.5) is 0 Å². The summed E-state index contributed by atoms with van der Waals surface area (Å²) in [6.45, 7) is 6.54. The zero-order chi connectivity index (χ0) is 12.7. The average Bonchev–Trinajstić information content (AvgIpc) is 2.65. The van der Waals surface area contributed by atoms with Crippen molar-refractivity contribution in [1.82, 2.24) is 9.13 Å². The number of ether oxygens (including phenoxy) is 2. The highest BCUT2D eigenvalue weighted by molar-refractivity contribution is 4.83. The number of imidazole rings is 1. The molecular formula is C12H22N2O3. The van der Waals surface area contributed by atoms with Crippen LogP contribution in [0.25, 0.3) is 0 Å². The van der Waals surface area contributed by atoms with Crippen LogP contribution in [-0.2, 0) is 16.0 Å². The number of methoxy groups -OCH3 is 1. The van der Waals surface area contributed by atoms with Crippen LogP contribution in [-0.4, -0.2) is 36.1 Å². The van der Waals surface area contributed by atoms with Crippen molar-refractivity contribution in [2.24, 2.45) is 0 Å². The van der Waals surface area contributed by atoms with E-state index in [1.165, 1.54) is 0 Å². The minimum Gasteiger partial charge on any atom is -0.385 e. The Bertz CT molecular complexity index is 368. The third-order valence-electron chi connectivity index (χ3n) is 2.54. The monoisotopic (exact) mass is 242 g/mol. The third kappa shape index (κ3) is 4.36. The van der Waals surface area contributed by atoms with E-state index in [1.807, 2.05) is 20.0 Å². The van der Waals surface area contributed by atoms with Gasteiger partial charge in [0.1, 0.15) is 0 Å². The molecule has 0 radical (unpaired) electrons. The fraction of sp³-hybridized carbons (Fsp3) is 0.750. The van der Waals surface area contributed by atoms with Crippen molar-refractivity contribution in [2.75, 3.05) is 26.9 Å². The summed E-state index contributed by atoms with van der Waals surface area (Å²) < 4.78 is 13.7. The van der Waals surface area contributed by atoms with Gasteiger partial charge in [0.25, 0.3) is 0 Å². The molecule has 0 aliphatic heterocycles. The van der Waals surface area contributed by atoms with Crippen LogP contribution >= 0.6 is 0 Å². The van der Waals surface area contributed by atoms with Crippen molar-refractivity contribution in [1.29, 1.82) is 0 Å². The molecule has 0 bridgehead atoms. The van der Waals surface area contributed by atoms with Crippen LogP contribution in [0.3, 0.4) is 0 Å². The predicted molar refractivity (Wildman–Crippen MR) is 66.4 cm³/mol. The number of aromatic nitrogens is 2. The zero-order valence-corrected chi connectivity index (χ0v) is 10.9. The topological polar surface area (TPSA) is 45.4 Å². The normalized spacial score (nSPS) is 11.3. The standard InChI is InChI=1S/C12H22N2O3/c1-11(2)14-6-5-13(12(14)15)7-10-17-9-4-8-16-3/h5-6,11H,4,7-10H2,1-3H3. The molecule has 0 spiro atoms. The summed E-state index contributed by atoms with van der Waals surface area (Å²) in [6.07, 6.45) is 4.51. The molecule has 1 heterocycles. The summed E-state index contributed by atoms with van der Waals surface area (Å²) in [5.74, 6) is 0. The Labute approximate surface area is 102 Å². The Morgan fingerprint density at radius 3 is 2.59 bits per heavy atom. The van der Waals surface area contributed by atoms with Gasteiger partial charge >= 0.3 is 5.69 Å². The number of nitrogens with zero attached hydrogens (tertiary/aromatic N) is 2. The summed E-state index contributed by atoms with van der Waals surface area (Å²) in [5, 5.41) is 0. The van der Waals surface area contributed by atoms with Crippen molar-refractivity contribution in [3.8, 4) is 0 Å². The molecule has 0 aliphatic rings. The molecule has 5 nitrogen and oxygen atoms in total. The van der Waals surface area contributed by atoms with Crippen molar-refractivity contribution in [3.63, 3.8) is 0 Å². The lowest BCUT2D eigenvalue weighted by atomic mass is 10.4. The predicted octanol–water partition coefficient (Wildman–Crippen LogP) is 1.28. The summed E-state index contributed by atoms with van der Waals surface area (Å²) in [4.78, 5) is 11.8. The van der Waals surface area contributed by atoms with Gasteiger partial charge in [-0.2, -0.15) is 0 Å². The van der Waals surface area contributed by atoms with Gasteiger partial charge in [-0.3, -0.25) is 9.13 Å². The first-order chi connectivity index (χ1) is 8.16. The zero-order valence-electron chi connectivity index (χ0n) is 10.9. The molecule has 5 heteroatoms. The Morgan fingerprint density at radius 1 is 1.24 bits per heavy atom. The Morgan fingerprint density at radius 2 is 2.00 bits per heavy atom. The molecule has 98 valence electrons. The van der Waals surface area contributed by atoms with Crippen LogP contribution in [0.2, 0.25) is 0 Å². The molecule has 1 rings (SSSR count). The first-order valence-electron chi connectivity index (χ1n) is 6.00. The molecule has 0 aliphatic carbocycles. The maximum absolute atomic E-state index is 11.8. The van der Waals surface area contributed by atoms with E-state index < -0.39 is 0 Å². The number of hydrogen-bond donors (Lipinski definition) is 0. The molecule has 0 fully saturated rings. The van der Waals surface area contributed by atoms with Crippen molar-refractivity contribution in [2.45, 2.75) is 32.9 Å². The third-order valence-corrected chi connectivity index (χ3v) is 2.54. The molecule has 1 aromatic heterocycles.